The van der Waals surface area contributed by atoms with Crippen LogP contribution in [-0.4, -0.2) is 41.0 Å². The fourth-order valence-corrected chi connectivity index (χ4v) is 3.77. The summed E-state index contributed by atoms with van der Waals surface area (Å²) in [5.41, 5.74) is 0.513. The van der Waals surface area contributed by atoms with Crippen LogP contribution in [0.3, 0.4) is 0 Å². The number of nitrogens with zero attached hydrogens (tertiary/aromatic N) is 3. The molecule has 0 aliphatic carbocycles. The number of aryl methyl sites for hydroxylation is 1. The molecule has 2 heterocycles. The standard InChI is InChI=1S/C14H22N4O3S/c1-4-7-18(8-5-2)22(19,20)11-9-12(15-10-11)14-17-16-13(6-3)21-14/h9-10,15H,4-8H2,1-3H3. The molecule has 0 fully saturated rings. The molecule has 0 amide bonds. The number of hydrogen-bond acceptors (Lipinski definition) is 5. The van der Waals surface area contributed by atoms with Crippen LogP contribution in [0, 0.1) is 0 Å². The smallest absolute Gasteiger partial charge is 0.264 e. The Balaban J connectivity index is 2.29. The molecule has 2 aromatic heterocycles. The lowest BCUT2D eigenvalue weighted by Crippen LogP contribution is -2.32. The van der Waals surface area contributed by atoms with Crippen molar-refractivity contribution < 1.29 is 12.8 Å². The first-order chi connectivity index (χ1) is 10.5. The third-order valence-corrected chi connectivity index (χ3v) is 5.12. The third-order valence-electron chi connectivity index (χ3n) is 3.24. The van der Waals surface area contributed by atoms with Crippen molar-refractivity contribution in [2.75, 3.05) is 13.1 Å². The lowest BCUT2D eigenvalue weighted by Gasteiger charge is -2.19. The van der Waals surface area contributed by atoms with Crippen molar-refractivity contribution in [3.8, 4) is 11.6 Å². The number of hydrogen-bond donors (Lipinski definition) is 1. The van der Waals surface area contributed by atoms with E-state index in [4.69, 9.17) is 4.42 Å². The van der Waals surface area contributed by atoms with E-state index in [-0.39, 0.29) is 4.90 Å². The molecule has 0 saturated carbocycles. The molecular formula is C14H22N4O3S. The number of rotatable bonds is 8. The van der Waals surface area contributed by atoms with Crippen LogP contribution in [-0.2, 0) is 16.4 Å². The second kappa shape index (κ2) is 7.06. The Bertz CT molecular complexity index is 699. The van der Waals surface area contributed by atoms with E-state index in [1.807, 2.05) is 20.8 Å². The molecule has 8 heteroatoms. The van der Waals surface area contributed by atoms with Crippen LogP contribution in [0.5, 0.6) is 0 Å². The first-order valence-corrected chi connectivity index (χ1v) is 8.98. The predicted molar refractivity (Wildman–Crippen MR) is 82.8 cm³/mol. The minimum absolute atomic E-state index is 0.223. The molecule has 2 rings (SSSR count). The molecule has 0 bridgehead atoms. The molecule has 7 nitrogen and oxygen atoms in total. The monoisotopic (exact) mass is 326 g/mol. The second-order valence-electron chi connectivity index (χ2n) is 5.01. The molecule has 0 radical (unpaired) electrons. The maximum atomic E-state index is 12.7. The Morgan fingerprint density at radius 1 is 1.18 bits per heavy atom. The van der Waals surface area contributed by atoms with Crippen molar-refractivity contribution in [2.45, 2.75) is 44.9 Å². The fourth-order valence-electron chi connectivity index (χ4n) is 2.15. The van der Waals surface area contributed by atoms with E-state index in [2.05, 4.69) is 15.2 Å². The number of nitrogens with one attached hydrogen (secondary N) is 1. The Morgan fingerprint density at radius 2 is 1.86 bits per heavy atom. The largest absolute Gasteiger partial charge is 0.419 e. The first kappa shape index (κ1) is 16.7. The van der Waals surface area contributed by atoms with Gasteiger partial charge in [-0.1, -0.05) is 20.8 Å². The van der Waals surface area contributed by atoms with Crippen molar-refractivity contribution in [3.05, 3.63) is 18.2 Å². The van der Waals surface area contributed by atoms with E-state index in [0.717, 1.165) is 12.8 Å². The third kappa shape index (κ3) is 3.38. The van der Waals surface area contributed by atoms with Crippen molar-refractivity contribution in [2.24, 2.45) is 0 Å². The van der Waals surface area contributed by atoms with Crippen molar-refractivity contribution in [3.63, 3.8) is 0 Å². The molecule has 0 aliphatic heterocycles. The molecular weight excluding hydrogens is 304 g/mol. The van der Waals surface area contributed by atoms with Gasteiger partial charge in [0.25, 0.3) is 5.89 Å². The quantitative estimate of drug-likeness (QED) is 0.804. The molecule has 0 aliphatic rings. The zero-order valence-corrected chi connectivity index (χ0v) is 14.0. The van der Waals surface area contributed by atoms with Gasteiger partial charge in [0.05, 0.1) is 0 Å². The number of H-pyrrole nitrogens is 1. The van der Waals surface area contributed by atoms with Gasteiger partial charge in [0.15, 0.2) is 0 Å². The van der Waals surface area contributed by atoms with Gasteiger partial charge in [-0.3, -0.25) is 0 Å². The highest BCUT2D eigenvalue weighted by atomic mass is 32.2. The van der Waals surface area contributed by atoms with E-state index >= 15 is 0 Å². The highest BCUT2D eigenvalue weighted by Gasteiger charge is 2.25. The first-order valence-electron chi connectivity index (χ1n) is 7.54. The minimum atomic E-state index is -3.50. The summed E-state index contributed by atoms with van der Waals surface area (Å²) in [7, 11) is -3.50. The number of sulfonamides is 1. The summed E-state index contributed by atoms with van der Waals surface area (Å²) in [6, 6.07) is 1.54. The lowest BCUT2D eigenvalue weighted by molar-refractivity contribution is 0.410. The molecule has 0 spiro atoms. The van der Waals surface area contributed by atoms with Crippen LogP contribution in [0.25, 0.3) is 11.6 Å². The maximum absolute atomic E-state index is 12.7. The molecule has 2 aromatic rings. The van der Waals surface area contributed by atoms with Gasteiger partial charge in [-0.15, -0.1) is 10.2 Å². The molecule has 0 atom stereocenters. The molecule has 1 N–H and O–H groups in total. The Kier molecular flexibility index (Phi) is 5.36. The topological polar surface area (TPSA) is 92.1 Å². The van der Waals surface area contributed by atoms with E-state index in [1.54, 1.807) is 6.07 Å². The molecule has 0 unspecified atom stereocenters. The van der Waals surface area contributed by atoms with Gasteiger partial charge < -0.3 is 9.40 Å². The summed E-state index contributed by atoms with van der Waals surface area (Å²) < 4.78 is 32.3. The average Bonchev–Trinajstić information content (AvgIpc) is 3.15. The summed E-state index contributed by atoms with van der Waals surface area (Å²) in [5, 5.41) is 7.79. The van der Waals surface area contributed by atoms with E-state index in [9.17, 15) is 8.42 Å². The average molecular weight is 326 g/mol. The second-order valence-corrected chi connectivity index (χ2v) is 6.95. The number of aromatic nitrogens is 3. The van der Waals surface area contributed by atoms with Gasteiger partial charge in [0.1, 0.15) is 10.6 Å². The van der Waals surface area contributed by atoms with Crippen LogP contribution in [0.2, 0.25) is 0 Å². The summed E-state index contributed by atoms with van der Waals surface area (Å²) in [4.78, 5) is 3.13. The summed E-state index contributed by atoms with van der Waals surface area (Å²) in [5.74, 6) is 0.823. The Hall–Kier alpha value is -1.67. The highest BCUT2D eigenvalue weighted by Crippen LogP contribution is 2.23. The lowest BCUT2D eigenvalue weighted by atomic mass is 10.4. The minimum Gasteiger partial charge on any atom is -0.419 e. The van der Waals surface area contributed by atoms with Gasteiger partial charge in [-0.2, -0.15) is 4.31 Å². The zero-order chi connectivity index (χ0) is 16.2. The van der Waals surface area contributed by atoms with E-state index in [1.165, 1.54) is 10.5 Å². The number of aromatic amines is 1. The molecule has 22 heavy (non-hydrogen) atoms. The van der Waals surface area contributed by atoms with Crippen LogP contribution < -0.4 is 0 Å². The predicted octanol–water partition coefficient (Wildman–Crippen LogP) is 2.44. The van der Waals surface area contributed by atoms with Crippen LogP contribution in [0.15, 0.2) is 21.6 Å². The van der Waals surface area contributed by atoms with E-state index < -0.39 is 10.0 Å². The van der Waals surface area contributed by atoms with Crippen LogP contribution in [0.1, 0.15) is 39.5 Å². The summed E-state index contributed by atoms with van der Waals surface area (Å²) >= 11 is 0. The normalized spacial score (nSPS) is 12.2. The summed E-state index contributed by atoms with van der Waals surface area (Å²) in [6.45, 7) is 6.86. The van der Waals surface area contributed by atoms with Gasteiger partial charge in [-0.05, 0) is 18.9 Å². The van der Waals surface area contributed by atoms with Crippen molar-refractivity contribution >= 4 is 10.0 Å². The van der Waals surface area contributed by atoms with Gasteiger partial charge in [-0.25, -0.2) is 8.42 Å². The van der Waals surface area contributed by atoms with Gasteiger partial charge >= 0.3 is 0 Å². The fraction of sp³-hybridized carbons (Fsp3) is 0.571. The Morgan fingerprint density at radius 3 is 2.41 bits per heavy atom. The van der Waals surface area contributed by atoms with Crippen molar-refractivity contribution in [1.82, 2.24) is 19.5 Å². The Labute approximate surface area is 130 Å². The summed E-state index contributed by atoms with van der Waals surface area (Å²) in [6.07, 6.45) is 3.67. The zero-order valence-electron chi connectivity index (χ0n) is 13.2. The van der Waals surface area contributed by atoms with Gasteiger partial charge in [0, 0.05) is 25.7 Å². The van der Waals surface area contributed by atoms with Gasteiger partial charge in [0.2, 0.25) is 15.9 Å². The molecule has 0 aromatic carbocycles. The molecule has 0 saturated heterocycles. The SMILES string of the molecule is CCCN(CCC)S(=O)(=O)c1c[nH]c(-c2nnc(CC)o2)c1. The van der Waals surface area contributed by atoms with Crippen LogP contribution >= 0.6 is 0 Å². The molecule has 122 valence electrons. The van der Waals surface area contributed by atoms with E-state index in [0.29, 0.717) is 37.0 Å². The van der Waals surface area contributed by atoms with Crippen LogP contribution in [0.4, 0.5) is 0 Å². The highest BCUT2D eigenvalue weighted by molar-refractivity contribution is 7.89. The maximum Gasteiger partial charge on any atom is 0.264 e. The van der Waals surface area contributed by atoms with Crippen molar-refractivity contribution in [1.29, 1.82) is 0 Å².